The smallest absolute Gasteiger partial charge is 0.264 e. The van der Waals surface area contributed by atoms with E-state index >= 15 is 0 Å². The molecular weight excluding hydrogens is 588 g/mol. The van der Waals surface area contributed by atoms with Crippen molar-refractivity contribution in [2.24, 2.45) is 0 Å². The SMILES string of the molecule is CC[C@@H](C(=O)NC(C)(C)C)N(Cc1c(Cl)cccc1Cl)C(=O)CN(c1ccc(C)cc1)S(=O)(=O)c1ccc(F)cc1. The van der Waals surface area contributed by atoms with Gasteiger partial charge in [0.1, 0.15) is 18.4 Å². The molecule has 41 heavy (non-hydrogen) atoms. The van der Waals surface area contributed by atoms with Gasteiger partial charge in [-0.05, 0) is 82.6 Å². The molecule has 0 bridgehead atoms. The van der Waals surface area contributed by atoms with Gasteiger partial charge >= 0.3 is 0 Å². The maximum atomic E-state index is 14.1. The Morgan fingerprint density at radius 1 is 0.951 bits per heavy atom. The molecule has 7 nitrogen and oxygen atoms in total. The second-order valence-electron chi connectivity index (χ2n) is 10.7. The van der Waals surface area contributed by atoms with Crippen LogP contribution >= 0.6 is 23.2 Å². The van der Waals surface area contributed by atoms with E-state index in [9.17, 15) is 22.4 Å². The number of amides is 2. The predicted octanol–water partition coefficient (Wildman–Crippen LogP) is 6.36. The first-order chi connectivity index (χ1) is 19.1. The van der Waals surface area contributed by atoms with E-state index in [1.807, 2.05) is 27.7 Å². The minimum absolute atomic E-state index is 0.133. The van der Waals surface area contributed by atoms with Crippen molar-refractivity contribution in [2.45, 2.75) is 64.1 Å². The van der Waals surface area contributed by atoms with Crippen molar-refractivity contribution >= 4 is 50.7 Å². The summed E-state index contributed by atoms with van der Waals surface area (Å²) in [5.41, 5.74) is 0.964. The molecule has 2 amide bonds. The Labute approximate surface area is 251 Å². The van der Waals surface area contributed by atoms with Crippen LogP contribution in [0.3, 0.4) is 0 Å². The number of anilines is 1. The molecule has 0 aliphatic rings. The van der Waals surface area contributed by atoms with Crippen molar-refractivity contribution in [3.05, 3.63) is 93.7 Å². The van der Waals surface area contributed by atoms with Crippen LogP contribution in [-0.2, 0) is 26.2 Å². The van der Waals surface area contributed by atoms with Gasteiger partial charge in [-0.3, -0.25) is 13.9 Å². The summed E-state index contributed by atoms with van der Waals surface area (Å²) in [6, 6.07) is 14.9. The van der Waals surface area contributed by atoms with E-state index in [1.54, 1.807) is 49.4 Å². The molecule has 11 heteroatoms. The number of halogens is 3. The number of sulfonamides is 1. The Kier molecular flexibility index (Phi) is 10.4. The third kappa shape index (κ3) is 8.21. The molecule has 0 radical (unpaired) electrons. The third-order valence-electron chi connectivity index (χ3n) is 6.28. The number of carbonyl (C=O) groups is 2. The quantitative estimate of drug-likeness (QED) is 0.285. The summed E-state index contributed by atoms with van der Waals surface area (Å²) in [6.45, 7) is 8.31. The third-order valence-corrected chi connectivity index (χ3v) is 8.77. The average molecular weight is 623 g/mol. The maximum Gasteiger partial charge on any atom is 0.264 e. The zero-order chi connectivity index (χ0) is 30.5. The lowest BCUT2D eigenvalue weighted by atomic mass is 10.1. The topological polar surface area (TPSA) is 86.8 Å². The molecule has 0 aromatic heterocycles. The largest absolute Gasteiger partial charge is 0.350 e. The summed E-state index contributed by atoms with van der Waals surface area (Å²) in [5.74, 6) is -1.65. The van der Waals surface area contributed by atoms with Crippen molar-refractivity contribution < 1.29 is 22.4 Å². The summed E-state index contributed by atoms with van der Waals surface area (Å²) in [6.07, 6.45) is 0.241. The lowest BCUT2D eigenvalue weighted by Crippen LogP contribution is -2.55. The Hall–Kier alpha value is -3.14. The van der Waals surface area contributed by atoms with Crippen LogP contribution in [0.1, 0.15) is 45.2 Å². The van der Waals surface area contributed by atoms with Crippen molar-refractivity contribution in [2.75, 3.05) is 10.8 Å². The summed E-state index contributed by atoms with van der Waals surface area (Å²) in [5, 5.41) is 3.51. The molecule has 0 saturated carbocycles. The van der Waals surface area contributed by atoms with Crippen LogP contribution < -0.4 is 9.62 Å². The second-order valence-corrected chi connectivity index (χ2v) is 13.4. The number of aryl methyl sites for hydroxylation is 1. The zero-order valence-electron chi connectivity index (χ0n) is 23.6. The molecule has 3 aromatic carbocycles. The standard InChI is InChI=1S/C30H34Cl2FN3O4S/c1-6-27(29(38)34-30(3,4)5)35(18-24-25(31)8-7-9-26(24)32)28(37)19-36(22-14-10-20(2)11-15-22)41(39,40)23-16-12-21(33)13-17-23/h7-17,27H,6,18-19H2,1-5H3,(H,34,38)/t27-/m0/s1. The number of nitrogens with zero attached hydrogens (tertiary/aromatic N) is 2. The number of rotatable bonds is 10. The molecule has 3 rings (SSSR count). The Morgan fingerprint density at radius 2 is 1.51 bits per heavy atom. The summed E-state index contributed by atoms with van der Waals surface area (Å²) < 4.78 is 42.2. The van der Waals surface area contributed by atoms with E-state index in [-0.39, 0.29) is 23.5 Å². The Balaban J connectivity index is 2.11. The van der Waals surface area contributed by atoms with Gasteiger partial charge in [0.15, 0.2) is 0 Å². The second kappa shape index (κ2) is 13.2. The highest BCUT2D eigenvalue weighted by Crippen LogP contribution is 2.29. The molecule has 0 fully saturated rings. The fraction of sp³-hybridized carbons (Fsp3) is 0.333. The molecular formula is C30H34Cl2FN3O4S. The lowest BCUT2D eigenvalue weighted by molar-refractivity contribution is -0.141. The zero-order valence-corrected chi connectivity index (χ0v) is 25.9. The molecule has 1 N–H and O–H groups in total. The van der Waals surface area contributed by atoms with Crippen LogP contribution in [0.15, 0.2) is 71.6 Å². The van der Waals surface area contributed by atoms with Gasteiger partial charge < -0.3 is 10.2 Å². The van der Waals surface area contributed by atoms with Gasteiger partial charge in [-0.15, -0.1) is 0 Å². The predicted molar refractivity (Wildman–Crippen MR) is 161 cm³/mol. The first-order valence-corrected chi connectivity index (χ1v) is 15.2. The lowest BCUT2D eigenvalue weighted by Gasteiger charge is -2.35. The number of benzene rings is 3. The fourth-order valence-corrected chi connectivity index (χ4v) is 6.13. The monoisotopic (exact) mass is 621 g/mol. The van der Waals surface area contributed by atoms with Gasteiger partial charge in [-0.2, -0.15) is 0 Å². The van der Waals surface area contributed by atoms with E-state index in [1.165, 1.54) is 4.90 Å². The molecule has 0 aliphatic heterocycles. The Bertz CT molecular complexity index is 1470. The maximum absolute atomic E-state index is 14.1. The normalized spacial score (nSPS) is 12.5. The van der Waals surface area contributed by atoms with Gasteiger partial charge in [0.2, 0.25) is 11.8 Å². The van der Waals surface area contributed by atoms with Crippen LogP contribution in [0.2, 0.25) is 10.0 Å². The highest BCUT2D eigenvalue weighted by Gasteiger charge is 2.35. The van der Waals surface area contributed by atoms with Gasteiger partial charge in [-0.1, -0.05) is 53.9 Å². The molecule has 220 valence electrons. The molecule has 3 aromatic rings. The molecule has 0 saturated heterocycles. The van der Waals surface area contributed by atoms with E-state index in [0.717, 1.165) is 34.1 Å². The average Bonchev–Trinajstić information content (AvgIpc) is 2.88. The summed E-state index contributed by atoms with van der Waals surface area (Å²) in [4.78, 5) is 28.6. The molecule has 0 heterocycles. The summed E-state index contributed by atoms with van der Waals surface area (Å²) in [7, 11) is -4.32. The molecule has 0 unspecified atom stereocenters. The minimum atomic E-state index is -4.32. The first-order valence-electron chi connectivity index (χ1n) is 13.0. The van der Waals surface area contributed by atoms with Gasteiger partial charge in [0, 0.05) is 27.7 Å². The van der Waals surface area contributed by atoms with Crippen LogP contribution in [-0.4, -0.2) is 43.3 Å². The van der Waals surface area contributed by atoms with Gasteiger partial charge in [0.25, 0.3) is 10.0 Å². The molecule has 0 aliphatic carbocycles. The van der Waals surface area contributed by atoms with E-state index < -0.39 is 45.8 Å². The van der Waals surface area contributed by atoms with Crippen molar-refractivity contribution in [1.82, 2.24) is 10.2 Å². The van der Waals surface area contributed by atoms with E-state index in [2.05, 4.69) is 5.32 Å². The highest BCUT2D eigenvalue weighted by atomic mass is 35.5. The van der Waals surface area contributed by atoms with E-state index in [4.69, 9.17) is 23.2 Å². The first kappa shape index (κ1) is 32.4. The van der Waals surface area contributed by atoms with Gasteiger partial charge in [0.05, 0.1) is 10.6 Å². The summed E-state index contributed by atoms with van der Waals surface area (Å²) >= 11 is 12.9. The Morgan fingerprint density at radius 3 is 2.02 bits per heavy atom. The van der Waals surface area contributed by atoms with Gasteiger partial charge in [-0.25, -0.2) is 12.8 Å². The van der Waals surface area contributed by atoms with Crippen LogP contribution in [0.25, 0.3) is 0 Å². The van der Waals surface area contributed by atoms with Crippen LogP contribution in [0.5, 0.6) is 0 Å². The number of hydrogen-bond donors (Lipinski definition) is 1. The van der Waals surface area contributed by atoms with Crippen molar-refractivity contribution in [3.8, 4) is 0 Å². The molecule has 0 spiro atoms. The minimum Gasteiger partial charge on any atom is -0.350 e. The van der Waals surface area contributed by atoms with Crippen LogP contribution in [0, 0.1) is 12.7 Å². The van der Waals surface area contributed by atoms with E-state index in [0.29, 0.717) is 15.6 Å². The van der Waals surface area contributed by atoms with Crippen molar-refractivity contribution in [3.63, 3.8) is 0 Å². The highest BCUT2D eigenvalue weighted by molar-refractivity contribution is 7.92. The number of carbonyl (C=O) groups excluding carboxylic acids is 2. The van der Waals surface area contributed by atoms with Crippen LogP contribution in [0.4, 0.5) is 10.1 Å². The fourth-order valence-electron chi connectivity index (χ4n) is 4.20. The van der Waals surface area contributed by atoms with Crippen molar-refractivity contribution in [1.29, 1.82) is 0 Å². The molecule has 1 atom stereocenters. The number of hydrogen-bond acceptors (Lipinski definition) is 4. The number of nitrogens with one attached hydrogen (secondary N) is 1.